The van der Waals surface area contributed by atoms with Gasteiger partial charge >= 0.3 is 0 Å². The summed E-state index contributed by atoms with van der Waals surface area (Å²) < 4.78 is 6.38. The number of fused-ring (bicyclic) bond motifs is 4. The molecule has 0 spiro atoms. The smallest absolute Gasteiger partial charge is 0.254 e. The molecule has 342 valence electrons. The molecule has 3 atom stereocenters. The quantitative estimate of drug-likeness (QED) is 0.181. The van der Waals surface area contributed by atoms with Crippen LogP contribution in [0.15, 0.2) is 85.2 Å². The van der Waals surface area contributed by atoms with Crippen molar-refractivity contribution in [3.05, 3.63) is 119 Å². The molecule has 6 fully saturated rings. The predicted octanol–water partition coefficient (Wildman–Crippen LogP) is 5.54. The molecule has 5 aliphatic heterocycles. The van der Waals surface area contributed by atoms with Crippen LogP contribution in [0.2, 0.25) is 0 Å². The molecule has 13 nitrogen and oxygen atoms in total. The number of pyridine rings is 1. The second-order valence-corrected chi connectivity index (χ2v) is 20.3. The van der Waals surface area contributed by atoms with E-state index < -0.39 is 12.3 Å². The summed E-state index contributed by atoms with van der Waals surface area (Å²) in [7, 11) is 0. The number of likely N-dealkylation sites (tertiary alicyclic amines) is 2. The van der Waals surface area contributed by atoms with Gasteiger partial charge < -0.3 is 25.0 Å². The summed E-state index contributed by atoms with van der Waals surface area (Å²) in [5.74, 6) is 9.25. The number of piperidine rings is 2. The molecule has 2 aromatic heterocycles. The van der Waals surface area contributed by atoms with Crippen LogP contribution in [0.5, 0.6) is 5.75 Å². The van der Waals surface area contributed by atoms with Crippen LogP contribution in [0.25, 0.3) is 22.3 Å². The van der Waals surface area contributed by atoms with Crippen molar-refractivity contribution in [3.8, 4) is 29.0 Å². The van der Waals surface area contributed by atoms with Gasteiger partial charge in [-0.15, -0.1) is 0 Å². The fraction of sp³-hybridized carbons (Fsp3) is 0.444. The molecule has 3 saturated heterocycles. The van der Waals surface area contributed by atoms with Gasteiger partial charge in [-0.1, -0.05) is 42.2 Å². The van der Waals surface area contributed by atoms with Crippen molar-refractivity contribution in [1.29, 1.82) is 0 Å². The number of amides is 3. The van der Waals surface area contributed by atoms with Crippen molar-refractivity contribution in [2.45, 2.75) is 88.7 Å². The summed E-state index contributed by atoms with van der Waals surface area (Å²) in [6.07, 6.45) is 9.56. The Kier molecular flexibility index (Phi) is 10.8. The van der Waals surface area contributed by atoms with Gasteiger partial charge in [-0.2, -0.15) is 0 Å². The maximum absolute atomic E-state index is 14.0. The number of aromatic nitrogens is 3. The number of rotatable bonds is 9. The van der Waals surface area contributed by atoms with Crippen molar-refractivity contribution < 1.29 is 24.2 Å². The number of hydrogen-bond donors (Lipinski definition) is 2. The SMILES string of the molecule is O=C1CCC(N2Cc3cc(C4CN(C5CCN(CC#Cc6ccc(OCC78CC(C7)C(C(=O)N7CCc9cnc(-c%10cnc%11ccccc%11c%10)nc9C7)C8)cc6)CC5)C4)ccc3C2=O)C(O)N1. The number of para-hydroxylation sites is 1. The number of aliphatic hydroxyl groups excluding tert-OH is 1. The van der Waals surface area contributed by atoms with Crippen LogP contribution < -0.4 is 10.1 Å². The first-order valence-corrected chi connectivity index (χ1v) is 24.3. The number of nitrogens with zero attached hydrogens (tertiary/aromatic N) is 7. The highest BCUT2D eigenvalue weighted by molar-refractivity contribution is 5.99. The molecular formula is C54H56N8O5. The Hall–Kier alpha value is -6.20. The molecule has 3 aromatic carbocycles. The second kappa shape index (κ2) is 17.1. The zero-order valence-electron chi connectivity index (χ0n) is 37.8. The first-order chi connectivity index (χ1) is 32.7. The van der Waals surface area contributed by atoms with E-state index in [0.717, 1.165) is 116 Å². The lowest BCUT2D eigenvalue weighted by molar-refractivity contribution is -0.137. The van der Waals surface area contributed by atoms with Crippen LogP contribution in [0, 0.1) is 29.1 Å². The Bertz CT molecular complexity index is 2820. The number of nitrogens with one attached hydrogen (secondary N) is 1. The molecule has 13 rings (SSSR count). The highest BCUT2D eigenvalue weighted by Gasteiger charge is 2.59. The van der Waals surface area contributed by atoms with E-state index in [1.54, 1.807) is 4.90 Å². The lowest BCUT2D eigenvalue weighted by Crippen LogP contribution is -2.55. The van der Waals surface area contributed by atoms with Gasteiger partial charge in [-0.3, -0.25) is 29.2 Å². The Morgan fingerprint density at radius 3 is 2.55 bits per heavy atom. The highest BCUT2D eigenvalue weighted by atomic mass is 16.5. The fourth-order valence-electron chi connectivity index (χ4n) is 12.2. The average molecular weight is 897 g/mol. The van der Waals surface area contributed by atoms with Gasteiger partial charge in [0.15, 0.2) is 5.82 Å². The van der Waals surface area contributed by atoms with Crippen LogP contribution in [-0.4, -0.2) is 122 Å². The Labute approximate surface area is 390 Å². The molecule has 3 amide bonds. The minimum atomic E-state index is -1.02. The summed E-state index contributed by atoms with van der Waals surface area (Å²) in [5, 5.41) is 14.1. The molecular weight excluding hydrogens is 841 g/mol. The van der Waals surface area contributed by atoms with Crippen LogP contribution in [0.3, 0.4) is 0 Å². The monoisotopic (exact) mass is 896 g/mol. The number of ether oxygens (including phenoxy) is 1. The van der Waals surface area contributed by atoms with E-state index in [2.05, 4.69) is 55.1 Å². The number of aliphatic hydroxyl groups is 1. The van der Waals surface area contributed by atoms with Crippen LogP contribution >= 0.6 is 0 Å². The first kappa shape index (κ1) is 42.2. The fourth-order valence-corrected chi connectivity index (χ4v) is 12.2. The third-order valence-electron chi connectivity index (χ3n) is 16.1. The number of hydrogen-bond acceptors (Lipinski definition) is 10. The van der Waals surface area contributed by atoms with E-state index in [1.165, 1.54) is 5.56 Å². The molecule has 67 heavy (non-hydrogen) atoms. The van der Waals surface area contributed by atoms with Gasteiger partial charge in [0, 0.05) is 103 Å². The van der Waals surface area contributed by atoms with Crippen LogP contribution in [-0.2, 0) is 29.1 Å². The van der Waals surface area contributed by atoms with E-state index in [9.17, 15) is 19.5 Å². The van der Waals surface area contributed by atoms with E-state index >= 15 is 0 Å². The largest absolute Gasteiger partial charge is 0.493 e. The second-order valence-electron chi connectivity index (χ2n) is 20.3. The lowest BCUT2D eigenvalue weighted by Gasteiger charge is -2.47. The standard InChI is InChI=1S/C54H56N8O5/c63-49-14-13-48(51(64)58-49)62-31-39-22-35(9-12-44(39)53(62)66)41-29-61(30-41)42-16-19-59(20-17-42)18-3-4-34-7-10-43(11-8-34)67-33-54-24-40(25-54)45(26-54)52(65)60-21-15-37-27-56-50(57-47(37)32-60)38-23-36-5-1-2-6-46(36)55-28-38/h1-2,5-12,22-23,27-28,40-42,45,48,51,64H,13-21,24-26,29-33H2,(H,58,63). The summed E-state index contributed by atoms with van der Waals surface area (Å²) >= 11 is 0. The zero-order valence-corrected chi connectivity index (χ0v) is 37.8. The summed E-state index contributed by atoms with van der Waals surface area (Å²) in [6, 6.07) is 24.7. The van der Waals surface area contributed by atoms with Crippen molar-refractivity contribution in [3.63, 3.8) is 0 Å². The Morgan fingerprint density at radius 1 is 0.881 bits per heavy atom. The molecule has 5 aromatic rings. The van der Waals surface area contributed by atoms with Crippen LogP contribution in [0.1, 0.15) is 89.2 Å². The number of benzene rings is 3. The van der Waals surface area contributed by atoms with Crippen molar-refractivity contribution in [2.24, 2.45) is 17.3 Å². The number of carbonyl (C=O) groups excluding carboxylic acids is 3. The molecule has 3 aliphatic carbocycles. The van der Waals surface area contributed by atoms with Gasteiger partial charge in [0.25, 0.3) is 5.91 Å². The molecule has 2 bridgehead atoms. The molecule has 8 aliphatic rings. The van der Waals surface area contributed by atoms with Gasteiger partial charge in [-0.25, -0.2) is 9.97 Å². The molecule has 2 N–H and O–H groups in total. The predicted molar refractivity (Wildman–Crippen MR) is 251 cm³/mol. The maximum Gasteiger partial charge on any atom is 0.254 e. The zero-order chi connectivity index (χ0) is 45.2. The molecule has 3 saturated carbocycles. The minimum Gasteiger partial charge on any atom is -0.493 e. The van der Waals surface area contributed by atoms with E-state index in [0.29, 0.717) is 68.3 Å². The topological polar surface area (TPSA) is 144 Å². The van der Waals surface area contributed by atoms with Crippen molar-refractivity contribution >= 4 is 28.6 Å². The van der Waals surface area contributed by atoms with Gasteiger partial charge in [0.1, 0.15) is 12.0 Å². The summed E-state index contributed by atoms with van der Waals surface area (Å²) in [4.78, 5) is 61.9. The summed E-state index contributed by atoms with van der Waals surface area (Å²) in [5.41, 5.74) is 7.95. The average Bonchev–Trinajstić information content (AvgIpc) is 4.00. The normalized spacial score (nSPS) is 26.3. The molecule has 3 unspecified atom stereocenters. The van der Waals surface area contributed by atoms with Gasteiger partial charge in [0.2, 0.25) is 11.8 Å². The van der Waals surface area contributed by atoms with E-state index in [-0.39, 0.29) is 29.1 Å². The molecule has 7 heterocycles. The van der Waals surface area contributed by atoms with E-state index in [1.807, 2.05) is 71.9 Å². The third-order valence-corrected chi connectivity index (χ3v) is 16.1. The third kappa shape index (κ3) is 8.13. The minimum absolute atomic E-state index is 0.0461. The first-order valence-electron chi connectivity index (χ1n) is 24.3. The van der Waals surface area contributed by atoms with Crippen molar-refractivity contribution in [2.75, 3.05) is 45.9 Å². The Morgan fingerprint density at radius 2 is 1.72 bits per heavy atom. The molecule has 13 heteroatoms. The van der Waals surface area contributed by atoms with Gasteiger partial charge in [0.05, 0.1) is 36.9 Å². The Balaban J connectivity index is 0.571. The van der Waals surface area contributed by atoms with Crippen LogP contribution in [0.4, 0.5) is 0 Å². The lowest BCUT2D eigenvalue weighted by atomic mass is 9.70. The summed E-state index contributed by atoms with van der Waals surface area (Å²) in [6.45, 7) is 7.26. The number of carbonyl (C=O) groups is 3. The highest BCUT2D eigenvalue weighted by Crippen LogP contribution is 2.62. The van der Waals surface area contributed by atoms with E-state index in [4.69, 9.17) is 9.72 Å². The maximum atomic E-state index is 14.0. The van der Waals surface area contributed by atoms with Crippen molar-refractivity contribution in [1.82, 2.24) is 39.9 Å². The van der Waals surface area contributed by atoms with Gasteiger partial charge in [-0.05, 0) is 110 Å². The molecule has 0 radical (unpaired) electrons.